The summed E-state index contributed by atoms with van der Waals surface area (Å²) < 4.78 is 0. The molecule has 17 heavy (non-hydrogen) atoms. The number of rotatable bonds is 5. The summed E-state index contributed by atoms with van der Waals surface area (Å²) in [6.07, 6.45) is 9.30. The van der Waals surface area contributed by atoms with Gasteiger partial charge in [0.1, 0.15) is 0 Å². The Labute approximate surface area is 105 Å². The van der Waals surface area contributed by atoms with Crippen molar-refractivity contribution in [3.63, 3.8) is 0 Å². The first kappa shape index (κ1) is 12.9. The number of hydrogen-bond acceptors (Lipinski definition) is 2. The highest BCUT2D eigenvalue weighted by Crippen LogP contribution is 2.28. The van der Waals surface area contributed by atoms with E-state index < -0.39 is 0 Å². The molecule has 0 aromatic heterocycles. The fourth-order valence-corrected chi connectivity index (χ4v) is 3.29. The molecule has 1 saturated heterocycles. The van der Waals surface area contributed by atoms with Gasteiger partial charge < -0.3 is 4.90 Å². The van der Waals surface area contributed by atoms with Gasteiger partial charge >= 0.3 is 0 Å². The first-order chi connectivity index (χ1) is 8.22. The van der Waals surface area contributed by atoms with E-state index in [-0.39, 0.29) is 12.2 Å². The van der Waals surface area contributed by atoms with Crippen LogP contribution in [0.25, 0.3) is 0 Å². The van der Waals surface area contributed by atoms with Crippen LogP contribution >= 0.6 is 0 Å². The van der Waals surface area contributed by atoms with Crippen molar-refractivity contribution in [1.29, 1.82) is 0 Å². The lowest BCUT2D eigenvalue weighted by atomic mass is 10.0. The third-order valence-corrected chi connectivity index (χ3v) is 4.39. The van der Waals surface area contributed by atoms with Crippen LogP contribution < -0.4 is 5.32 Å². The van der Waals surface area contributed by atoms with Gasteiger partial charge in [-0.3, -0.25) is 10.1 Å². The van der Waals surface area contributed by atoms with Crippen LogP contribution in [0, 0.1) is 5.92 Å². The second-order valence-electron chi connectivity index (χ2n) is 5.63. The molecule has 1 aliphatic carbocycles. The lowest BCUT2D eigenvalue weighted by Crippen LogP contribution is -2.35. The number of nitrogens with zero attached hydrogens (tertiary/aromatic N) is 1. The summed E-state index contributed by atoms with van der Waals surface area (Å²) in [4.78, 5) is 14.1. The largest absolute Gasteiger partial charge is 0.326 e. The van der Waals surface area contributed by atoms with Crippen molar-refractivity contribution in [2.24, 2.45) is 5.92 Å². The third-order valence-electron chi connectivity index (χ3n) is 4.39. The van der Waals surface area contributed by atoms with Crippen LogP contribution in [0.4, 0.5) is 0 Å². The van der Waals surface area contributed by atoms with Gasteiger partial charge in [0.05, 0.1) is 12.2 Å². The molecule has 2 aliphatic rings. The van der Waals surface area contributed by atoms with E-state index in [0.29, 0.717) is 5.91 Å². The lowest BCUT2D eigenvalue weighted by molar-refractivity contribution is -0.130. The molecule has 3 heteroatoms. The number of hydrogen-bond donors (Lipinski definition) is 1. The van der Waals surface area contributed by atoms with Gasteiger partial charge in [-0.15, -0.1) is 0 Å². The Morgan fingerprint density at radius 3 is 2.65 bits per heavy atom. The van der Waals surface area contributed by atoms with Crippen molar-refractivity contribution in [2.75, 3.05) is 6.54 Å². The second-order valence-corrected chi connectivity index (χ2v) is 5.63. The minimum absolute atomic E-state index is 0.0662. The van der Waals surface area contributed by atoms with E-state index in [9.17, 15) is 4.79 Å². The Morgan fingerprint density at radius 2 is 2.06 bits per heavy atom. The highest BCUT2D eigenvalue weighted by Gasteiger charge is 2.34. The Hall–Kier alpha value is -0.570. The smallest absolute Gasteiger partial charge is 0.240 e. The van der Waals surface area contributed by atoms with Gasteiger partial charge in [-0.1, -0.05) is 32.6 Å². The molecule has 0 radical (unpaired) electrons. The van der Waals surface area contributed by atoms with Gasteiger partial charge in [0.2, 0.25) is 5.91 Å². The van der Waals surface area contributed by atoms with Crippen molar-refractivity contribution in [3.8, 4) is 0 Å². The summed E-state index contributed by atoms with van der Waals surface area (Å²) in [7, 11) is 0. The van der Waals surface area contributed by atoms with E-state index in [1.807, 2.05) is 4.90 Å². The quantitative estimate of drug-likeness (QED) is 0.798. The molecule has 0 aromatic rings. The van der Waals surface area contributed by atoms with E-state index in [4.69, 9.17) is 0 Å². The molecule has 2 atom stereocenters. The minimum Gasteiger partial charge on any atom is -0.326 e. The van der Waals surface area contributed by atoms with Crippen LogP contribution in [0.3, 0.4) is 0 Å². The summed E-state index contributed by atoms with van der Waals surface area (Å²) >= 11 is 0. The van der Waals surface area contributed by atoms with E-state index in [1.54, 1.807) is 0 Å². The van der Waals surface area contributed by atoms with Gasteiger partial charge in [0.15, 0.2) is 0 Å². The standard InChI is InChI=1S/C14H26N2O/c1-3-13-14(17)16(11(2)15-13)10-6-9-12-7-4-5-8-12/h11-13,15H,3-10H2,1-2H3. The van der Waals surface area contributed by atoms with E-state index in [0.717, 1.165) is 18.9 Å². The Kier molecular flexibility index (Phi) is 4.43. The second kappa shape index (κ2) is 5.85. The summed E-state index contributed by atoms with van der Waals surface area (Å²) in [5.74, 6) is 1.25. The molecular formula is C14H26N2O. The molecule has 2 fully saturated rings. The van der Waals surface area contributed by atoms with Crippen LogP contribution in [0.2, 0.25) is 0 Å². The predicted molar refractivity (Wildman–Crippen MR) is 69.6 cm³/mol. The molecule has 3 nitrogen and oxygen atoms in total. The normalized spacial score (nSPS) is 30.5. The molecule has 1 N–H and O–H groups in total. The molecule has 0 bridgehead atoms. The molecule has 2 unspecified atom stereocenters. The number of nitrogens with one attached hydrogen (secondary N) is 1. The van der Waals surface area contributed by atoms with Crippen LogP contribution in [-0.4, -0.2) is 29.6 Å². The highest BCUT2D eigenvalue weighted by molar-refractivity contribution is 5.84. The lowest BCUT2D eigenvalue weighted by Gasteiger charge is -2.21. The topological polar surface area (TPSA) is 32.3 Å². The maximum atomic E-state index is 12.0. The molecule has 0 aromatic carbocycles. The van der Waals surface area contributed by atoms with Crippen molar-refractivity contribution in [2.45, 2.75) is 71.0 Å². The highest BCUT2D eigenvalue weighted by atomic mass is 16.2. The molecule has 1 heterocycles. The Bertz CT molecular complexity index is 261. The molecule has 98 valence electrons. The first-order valence-electron chi connectivity index (χ1n) is 7.29. The molecule has 1 amide bonds. The summed E-state index contributed by atoms with van der Waals surface area (Å²) in [6.45, 7) is 5.12. The van der Waals surface area contributed by atoms with Crippen molar-refractivity contribution >= 4 is 5.91 Å². The Balaban J connectivity index is 1.72. The van der Waals surface area contributed by atoms with Gasteiger partial charge in [-0.2, -0.15) is 0 Å². The van der Waals surface area contributed by atoms with Gasteiger partial charge in [0, 0.05) is 6.54 Å². The summed E-state index contributed by atoms with van der Waals surface area (Å²) in [5, 5.41) is 3.36. The zero-order chi connectivity index (χ0) is 12.3. The van der Waals surface area contributed by atoms with Crippen LogP contribution in [0.15, 0.2) is 0 Å². The van der Waals surface area contributed by atoms with Gasteiger partial charge in [-0.05, 0) is 32.1 Å². The summed E-state index contributed by atoms with van der Waals surface area (Å²) in [5.41, 5.74) is 0. The Morgan fingerprint density at radius 1 is 1.35 bits per heavy atom. The average Bonchev–Trinajstić information content (AvgIpc) is 2.91. The molecule has 2 rings (SSSR count). The fraction of sp³-hybridized carbons (Fsp3) is 0.929. The number of carbonyl (C=O) groups is 1. The first-order valence-corrected chi connectivity index (χ1v) is 7.29. The predicted octanol–water partition coefficient (Wildman–Crippen LogP) is 2.51. The van der Waals surface area contributed by atoms with Crippen LogP contribution in [0.5, 0.6) is 0 Å². The van der Waals surface area contributed by atoms with Crippen LogP contribution in [-0.2, 0) is 4.79 Å². The molecule has 1 aliphatic heterocycles. The average molecular weight is 238 g/mol. The van der Waals surface area contributed by atoms with E-state index in [2.05, 4.69) is 19.2 Å². The van der Waals surface area contributed by atoms with E-state index in [1.165, 1.54) is 38.5 Å². The maximum Gasteiger partial charge on any atom is 0.240 e. The van der Waals surface area contributed by atoms with Crippen LogP contribution in [0.1, 0.15) is 58.8 Å². The van der Waals surface area contributed by atoms with Gasteiger partial charge in [-0.25, -0.2) is 0 Å². The number of amides is 1. The third kappa shape index (κ3) is 3.01. The monoisotopic (exact) mass is 238 g/mol. The number of carbonyl (C=O) groups excluding carboxylic acids is 1. The zero-order valence-electron chi connectivity index (χ0n) is 11.2. The van der Waals surface area contributed by atoms with Crippen molar-refractivity contribution in [3.05, 3.63) is 0 Å². The van der Waals surface area contributed by atoms with Gasteiger partial charge in [0.25, 0.3) is 0 Å². The SMILES string of the molecule is CCC1NC(C)N(CCCC2CCCC2)C1=O. The summed E-state index contributed by atoms with van der Waals surface area (Å²) in [6, 6.07) is 0.0662. The van der Waals surface area contributed by atoms with Crippen molar-refractivity contribution in [1.82, 2.24) is 10.2 Å². The fourth-order valence-electron chi connectivity index (χ4n) is 3.29. The zero-order valence-corrected chi connectivity index (χ0v) is 11.2. The molecular weight excluding hydrogens is 212 g/mol. The molecule has 0 spiro atoms. The minimum atomic E-state index is 0.0662. The molecule has 1 saturated carbocycles. The van der Waals surface area contributed by atoms with Crippen molar-refractivity contribution < 1.29 is 4.79 Å². The maximum absolute atomic E-state index is 12.0. The van der Waals surface area contributed by atoms with E-state index >= 15 is 0 Å².